The SMILES string of the molecule is CC(C)(C)n1cc(C(=O)N2C[C@@H]3CCC[C@@]3(C(=O)O)C2)cn1. The number of amides is 1. The molecule has 1 amide bonds. The van der Waals surface area contributed by atoms with Crippen LogP contribution in [-0.2, 0) is 10.3 Å². The molecule has 2 aliphatic rings. The second-order valence-corrected chi connectivity index (χ2v) is 7.58. The first-order valence-corrected chi connectivity index (χ1v) is 7.82. The van der Waals surface area contributed by atoms with Crippen molar-refractivity contribution in [2.24, 2.45) is 11.3 Å². The molecule has 1 saturated carbocycles. The molecular weight excluding hydrogens is 282 g/mol. The van der Waals surface area contributed by atoms with E-state index in [2.05, 4.69) is 5.10 Å². The van der Waals surface area contributed by atoms with E-state index in [0.717, 1.165) is 12.8 Å². The number of hydrogen-bond donors (Lipinski definition) is 1. The summed E-state index contributed by atoms with van der Waals surface area (Å²) in [5, 5.41) is 13.9. The molecule has 2 heterocycles. The molecule has 0 spiro atoms. The normalized spacial score (nSPS) is 28.0. The lowest BCUT2D eigenvalue weighted by molar-refractivity contribution is -0.149. The Morgan fingerprint density at radius 1 is 1.41 bits per heavy atom. The third-order valence-corrected chi connectivity index (χ3v) is 5.10. The molecule has 1 saturated heterocycles. The molecule has 1 aromatic rings. The molecule has 1 N–H and O–H groups in total. The molecule has 6 nitrogen and oxygen atoms in total. The van der Waals surface area contributed by atoms with Crippen molar-refractivity contribution < 1.29 is 14.7 Å². The van der Waals surface area contributed by atoms with Gasteiger partial charge in [0.25, 0.3) is 5.91 Å². The summed E-state index contributed by atoms with van der Waals surface area (Å²) in [4.78, 5) is 26.1. The van der Waals surface area contributed by atoms with Crippen LogP contribution in [0.15, 0.2) is 12.4 Å². The highest BCUT2D eigenvalue weighted by molar-refractivity contribution is 5.94. The minimum atomic E-state index is -0.754. The van der Waals surface area contributed by atoms with E-state index in [-0.39, 0.29) is 17.4 Å². The van der Waals surface area contributed by atoms with Gasteiger partial charge in [0, 0.05) is 19.3 Å². The second-order valence-electron chi connectivity index (χ2n) is 7.58. The van der Waals surface area contributed by atoms with Crippen molar-refractivity contribution in [3.05, 3.63) is 18.0 Å². The first-order valence-electron chi connectivity index (χ1n) is 7.82. The second kappa shape index (κ2) is 4.83. The van der Waals surface area contributed by atoms with E-state index in [1.807, 2.05) is 20.8 Å². The van der Waals surface area contributed by atoms with Crippen LogP contribution in [0.25, 0.3) is 0 Å². The van der Waals surface area contributed by atoms with E-state index in [1.54, 1.807) is 22.0 Å². The quantitative estimate of drug-likeness (QED) is 0.906. The van der Waals surface area contributed by atoms with Gasteiger partial charge in [0.05, 0.1) is 22.7 Å². The van der Waals surface area contributed by atoms with Gasteiger partial charge >= 0.3 is 5.97 Å². The molecule has 6 heteroatoms. The van der Waals surface area contributed by atoms with Crippen LogP contribution in [-0.4, -0.2) is 44.8 Å². The molecule has 0 bridgehead atoms. The number of carboxylic acid groups (broad SMARTS) is 1. The number of carbonyl (C=O) groups is 2. The zero-order valence-corrected chi connectivity index (χ0v) is 13.4. The number of aromatic nitrogens is 2. The summed E-state index contributed by atoms with van der Waals surface area (Å²) in [6, 6.07) is 0. The molecule has 0 aromatic carbocycles. The first-order chi connectivity index (χ1) is 10.2. The van der Waals surface area contributed by atoms with Crippen molar-refractivity contribution in [2.75, 3.05) is 13.1 Å². The summed E-state index contributed by atoms with van der Waals surface area (Å²) in [5.74, 6) is -0.771. The summed E-state index contributed by atoms with van der Waals surface area (Å²) in [5.41, 5.74) is -0.367. The lowest BCUT2D eigenvalue weighted by Gasteiger charge is -2.23. The van der Waals surface area contributed by atoms with Gasteiger partial charge in [-0.3, -0.25) is 14.3 Å². The van der Waals surface area contributed by atoms with Crippen LogP contribution in [0.3, 0.4) is 0 Å². The summed E-state index contributed by atoms with van der Waals surface area (Å²) < 4.78 is 1.77. The third kappa shape index (κ3) is 2.21. The molecule has 0 radical (unpaired) electrons. The number of nitrogens with zero attached hydrogens (tertiary/aromatic N) is 3. The summed E-state index contributed by atoms with van der Waals surface area (Å²) in [7, 11) is 0. The van der Waals surface area contributed by atoms with Crippen LogP contribution in [0.2, 0.25) is 0 Å². The highest BCUT2D eigenvalue weighted by Gasteiger charge is 2.55. The van der Waals surface area contributed by atoms with E-state index in [0.29, 0.717) is 25.1 Å². The van der Waals surface area contributed by atoms with E-state index in [1.165, 1.54) is 0 Å². The fourth-order valence-corrected chi connectivity index (χ4v) is 3.78. The summed E-state index contributed by atoms with van der Waals surface area (Å²) >= 11 is 0. The zero-order chi connectivity index (χ0) is 16.1. The van der Waals surface area contributed by atoms with Crippen LogP contribution in [0.1, 0.15) is 50.4 Å². The molecular formula is C16H23N3O3. The van der Waals surface area contributed by atoms with E-state index < -0.39 is 11.4 Å². The lowest BCUT2D eigenvalue weighted by atomic mass is 9.81. The molecule has 1 aliphatic heterocycles. The molecule has 0 unspecified atom stereocenters. The average molecular weight is 305 g/mol. The van der Waals surface area contributed by atoms with E-state index >= 15 is 0 Å². The predicted octanol–water partition coefficient (Wildman–Crippen LogP) is 1.97. The number of carboxylic acids is 1. The van der Waals surface area contributed by atoms with Crippen LogP contribution >= 0.6 is 0 Å². The molecule has 1 aromatic heterocycles. The Balaban J connectivity index is 1.80. The fourth-order valence-electron chi connectivity index (χ4n) is 3.78. The maximum absolute atomic E-state index is 12.7. The third-order valence-electron chi connectivity index (χ3n) is 5.10. The minimum Gasteiger partial charge on any atom is -0.481 e. The number of hydrogen-bond acceptors (Lipinski definition) is 3. The maximum atomic E-state index is 12.7. The van der Waals surface area contributed by atoms with Gasteiger partial charge in [-0.25, -0.2) is 0 Å². The zero-order valence-electron chi connectivity index (χ0n) is 13.4. The molecule has 3 rings (SSSR count). The van der Waals surface area contributed by atoms with Crippen molar-refractivity contribution in [3.8, 4) is 0 Å². The number of fused-ring (bicyclic) bond motifs is 1. The van der Waals surface area contributed by atoms with Gasteiger partial charge in [-0.15, -0.1) is 0 Å². The van der Waals surface area contributed by atoms with Gasteiger partial charge < -0.3 is 10.0 Å². The Bertz CT molecular complexity index is 616. The van der Waals surface area contributed by atoms with Gasteiger partial charge in [-0.2, -0.15) is 5.10 Å². The van der Waals surface area contributed by atoms with Crippen LogP contribution in [0, 0.1) is 11.3 Å². The number of likely N-dealkylation sites (tertiary alicyclic amines) is 1. The van der Waals surface area contributed by atoms with Gasteiger partial charge in [-0.1, -0.05) is 6.42 Å². The standard InChI is InChI=1S/C16H23N3O3/c1-15(2,3)19-8-11(7-17-19)13(20)18-9-12-5-4-6-16(12,10-18)14(21)22/h7-8,12H,4-6,9-10H2,1-3H3,(H,21,22)/t12-,16+/m0/s1. The lowest BCUT2D eigenvalue weighted by Crippen LogP contribution is -2.37. The number of rotatable bonds is 2. The monoisotopic (exact) mass is 305 g/mol. The smallest absolute Gasteiger partial charge is 0.311 e. The van der Waals surface area contributed by atoms with Gasteiger partial charge in [0.1, 0.15) is 0 Å². The van der Waals surface area contributed by atoms with Gasteiger partial charge in [0.2, 0.25) is 0 Å². The van der Waals surface area contributed by atoms with Crippen LogP contribution in [0.5, 0.6) is 0 Å². The Labute approximate surface area is 130 Å². The maximum Gasteiger partial charge on any atom is 0.311 e. The van der Waals surface area contributed by atoms with Crippen molar-refractivity contribution in [2.45, 2.75) is 45.6 Å². The van der Waals surface area contributed by atoms with Crippen molar-refractivity contribution >= 4 is 11.9 Å². The Kier molecular flexibility index (Phi) is 3.30. The number of carbonyl (C=O) groups excluding carboxylic acids is 1. The molecule has 2 atom stereocenters. The predicted molar refractivity (Wildman–Crippen MR) is 80.5 cm³/mol. The van der Waals surface area contributed by atoms with Crippen LogP contribution < -0.4 is 0 Å². The highest BCUT2D eigenvalue weighted by atomic mass is 16.4. The van der Waals surface area contributed by atoms with Crippen molar-refractivity contribution in [1.82, 2.24) is 14.7 Å². The van der Waals surface area contributed by atoms with Crippen LogP contribution in [0.4, 0.5) is 0 Å². The topological polar surface area (TPSA) is 75.4 Å². The average Bonchev–Trinajstić information content (AvgIpc) is 3.10. The van der Waals surface area contributed by atoms with Gasteiger partial charge in [0.15, 0.2) is 0 Å². The molecule has 120 valence electrons. The van der Waals surface area contributed by atoms with Crippen molar-refractivity contribution in [1.29, 1.82) is 0 Å². The Morgan fingerprint density at radius 2 is 2.14 bits per heavy atom. The fraction of sp³-hybridized carbons (Fsp3) is 0.688. The van der Waals surface area contributed by atoms with Gasteiger partial charge in [-0.05, 0) is 39.5 Å². The first kappa shape index (κ1) is 15.1. The largest absolute Gasteiger partial charge is 0.481 e. The molecule has 22 heavy (non-hydrogen) atoms. The summed E-state index contributed by atoms with van der Waals surface area (Å²) in [6.07, 6.45) is 5.86. The minimum absolute atomic E-state index is 0.0895. The highest BCUT2D eigenvalue weighted by Crippen LogP contribution is 2.49. The summed E-state index contributed by atoms with van der Waals surface area (Å²) in [6.45, 7) is 6.94. The molecule has 1 aliphatic carbocycles. The Morgan fingerprint density at radius 3 is 2.68 bits per heavy atom. The van der Waals surface area contributed by atoms with E-state index in [9.17, 15) is 14.7 Å². The van der Waals surface area contributed by atoms with E-state index in [4.69, 9.17) is 0 Å². The van der Waals surface area contributed by atoms with Crippen molar-refractivity contribution in [3.63, 3.8) is 0 Å². The Hall–Kier alpha value is -1.85. The molecule has 2 fully saturated rings. The number of aliphatic carboxylic acids is 1.